The van der Waals surface area contributed by atoms with Gasteiger partial charge in [-0.2, -0.15) is 0 Å². The van der Waals surface area contributed by atoms with E-state index in [0.29, 0.717) is 5.56 Å². The first-order valence-corrected chi connectivity index (χ1v) is 10.2. The molecule has 1 aliphatic carbocycles. The van der Waals surface area contributed by atoms with E-state index in [1.807, 2.05) is 43.3 Å². The van der Waals surface area contributed by atoms with E-state index in [9.17, 15) is 4.79 Å². The van der Waals surface area contributed by atoms with Gasteiger partial charge in [0.05, 0.1) is 22.5 Å². The maximum atomic E-state index is 13.4. The quantitative estimate of drug-likeness (QED) is 0.705. The number of nitrogens with one attached hydrogen (secondary N) is 1. The van der Waals surface area contributed by atoms with Crippen LogP contribution in [0, 0.1) is 6.92 Å². The van der Waals surface area contributed by atoms with Gasteiger partial charge in [0.1, 0.15) is 0 Å². The van der Waals surface area contributed by atoms with Gasteiger partial charge in [0.2, 0.25) is 0 Å². The molecule has 1 aliphatic heterocycles. The van der Waals surface area contributed by atoms with Crippen molar-refractivity contribution in [3.8, 4) is 5.69 Å². The molecule has 0 saturated heterocycles. The molecule has 1 N–H and O–H groups in total. The van der Waals surface area contributed by atoms with Crippen LogP contribution in [0.1, 0.15) is 54.5 Å². The molecule has 1 fully saturated rings. The van der Waals surface area contributed by atoms with Crippen LogP contribution in [0.3, 0.4) is 0 Å². The predicted octanol–water partition coefficient (Wildman–Crippen LogP) is 4.57. The van der Waals surface area contributed by atoms with Crippen molar-refractivity contribution in [2.24, 2.45) is 4.99 Å². The predicted molar refractivity (Wildman–Crippen MR) is 113 cm³/mol. The Morgan fingerprint density at radius 3 is 2.46 bits per heavy atom. The SMILES string of the molecule is Cc1[nH]n(-c2ccccc2)c(=O)c1C1=NC2(CCCCC2)Cc2ccccc21. The fourth-order valence-corrected chi connectivity index (χ4v) is 4.87. The summed E-state index contributed by atoms with van der Waals surface area (Å²) in [5.74, 6) is 0. The number of hydrogen-bond donors (Lipinski definition) is 1. The topological polar surface area (TPSA) is 50.1 Å². The molecule has 3 aromatic rings. The number of aromatic nitrogens is 2. The summed E-state index contributed by atoms with van der Waals surface area (Å²) in [6, 6.07) is 18.2. The second-order valence-corrected chi connectivity index (χ2v) is 8.17. The maximum Gasteiger partial charge on any atom is 0.280 e. The third-order valence-corrected chi connectivity index (χ3v) is 6.25. The zero-order valence-electron chi connectivity index (χ0n) is 16.2. The van der Waals surface area contributed by atoms with Crippen molar-refractivity contribution in [1.29, 1.82) is 0 Å². The molecule has 1 aromatic heterocycles. The van der Waals surface area contributed by atoms with Gasteiger partial charge < -0.3 is 0 Å². The van der Waals surface area contributed by atoms with E-state index >= 15 is 0 Å². The van der Waals surface area contributed by atoms with E-state index < -0.39 is 0 Å². The van der Waals surface area contributed by atoms with Crippen LogP contribution >= 0.6 is 0 Å². The van der Waals surface area contributed by atoms with Gasteiger partial charge in [-0.25, -0.2) is 4.68 Å². The van der Waals surface area contributed by atoms with Crippen molar-refractivity contribution in [2.45, 2.75) is 51.0 Å². The third-order valence-electron chi connectivity index (χ3n) is 6.25. The Morgan fingerprint density at radius 1 is 0.964 bits per heavy atom. The number of benzene rings is 2. The minimum atomic E-state index is -0.0460. The van der Waals surface area contributed by atoms with Crippen LogP contribution in [0.4, 0.5) is 0 Å². The highest BCUT2D eigenvalue weighted by Crippen LogP contribution is 2.39. The molecule has 5 rings (SSSR count). The number of para-hydroxylation sites is 1. The zero-order chi connectivity index (χ0) is 19.1. The highest BCUT2D eigenvalue weighted by molar-refractivity contribution is 6.15. The molecule has 4 heteroatoms. The lowest BCUT2D eigenvalue weighted by Gasteiger charge is -2.38. The van der Waals surface area contributed by atoms with Gasteiger partial charge in [-0.05, 0) is 43.9 Å². The Kier molecular flexibility index (Phi) is 4.08. The third kappa shape index (κ3) is 2.75. The van der Waals surface area contributed by atoms with Gasteiger partial charge in [-0.3, -0.25) is 14.9 Å². The second-order valence-electron chi connectivity index (χ2n) is 8.17. The Balaban J connectivity index is 1.71. The second kappa shape index (κ2) is 6.62. The molecule has 2 aromatic carbocycles. The number of fused-ring (bicyclic) bond motifs is 1. The van der Waals surface area contributed by atoms with Crippen molar-refractivity contribution in [3.63, 3.8) is 0 Å². The number of aryl methyl sites for hydroxylation is 1. The fraction of sp³-hybridized carbons (Fsp3) is 0.333. The highest BCUT2D eigenvalue weighted by atomic mass is 16.1. The van der Waals surface area contributed by atoms with Crippen molar-refractivity contribution in [3.05, 3.63) is 87.3 Å². The number of rotatable bonds is 2. The molecule has 142 valence electrons. The summed E-state index contributed by atoms with van der Waals surface area (Å²) >= 11 is 0. The monoisotopic (exact) mass is 371 g/mol. The minimum absolute atomic E-state index is 0.0230. The van der Waals surface area contributed by atoms with Crippen molar-refractivity contribution < 1.29 is 0 Å². The molecular formula is C24H25N3O. The van der Waals surface area contributed by atoms with Crippen molar-refractivity contribution in [1.82, 2.24) is 9.78 Å². The largest absolute Gasteiger partial charge is 0.295 e. The van der Waals surface area contributed by atoms with Crippen molar-refractivity contribution in [2.75, 3.05) is 0 Å². The molecule has 0 unspecified atom stereocenters. The molecule has 2 aliphatic rings. The first kappa shape index (κ1) is 17.2. The molecule has 2 heterocycles. The van der Waals surface area contributed by atoms with Gasteiger partial charge in [-0.15, -0.1) is 0 Å². The van der Waals surface area contributed by atoms with E-state index in [2.05, 4.69) is 23.3 Å². The molecule has 1 saturated carbocycles. The molecule has 0 bridgehead atoms. The molecule has 0 radical (unpaired) electrons. The highest BCUT2D eigenvalue weighted by Gasteiger charge is 2.37. The van der Waals surface area contributed by atoms with E-state index in [0.717, 1.165) is 41.9 Å². The molecule has 0 atom stereocenters. The summed E-state index contributed by atoms with van der Waals surface area (Å²) in [6.07, 6.45) is 6.95. The van der Waals surface area contributed by atoms with E-state index in [-0.39, 0.29) is 11.1 Å². The van der Waals surface area contributed by atoms with Crippen LogP contribution in [0.2, 0.25) is 0 Å². The first-order chi connectivity index (χ1) is 13.7. The van der Waals surface area contributed by atoms with Crippen LogP contribution in [0.25, 0.3) is 5.69 Å². The average Bonchev–Trinajstić information content (AvgIpc) is 3.02. The maximum absolute atomic E-state index is 13.4. The van der Waals surface area contributed by atoms with E-state index in [1.165, 1.54) is 24.8 Å². The van der Waals surface area contributed by atoms with Gasteiger partial charge in [0, 0.05) is 11.3 Å². The van der Waals surface area contributed by atoms with Gasteiger partial charge in [-0.1, -0.05) is 61.7 Å². The van der Waals surface area contributed by atoms with Crippen LogP contribution in [0.5, 0.6) is 0 Å². The van der Waals surface area contributed by atoms with Crippen LogP contribution in [-0.2, 0) is 6.42 Å². The van der Waals surface area contributed by atoms with Gasteiger partial charge in [0.25, 0.3) is 5.56 Å². The van der Waals surface area contributed by atoms with Gasteiger partial charge >= 0.3 is 0 Å². The summed E-state index contributed by atoms with van der Waals surface area (Å²) in [6.45, 7) is 1.98. The number of hydrogen-bond acceptors (Lipinski definition) is 2. The molecule has 4 nitrogen and oxygen atoms in total. The molecular weight excluding hydrogens is 346 g/mol. The van der Waals surface area contributed by atoms with Crippen LogP contribution < -0.4 is 5.56 Å². The minimum Gasteiger partial charge on any atom is -0.295 e. The fourth-order valence-electron chi connectivity index (χ4n) is 4.87. The molecule has 0 amide bonds. The zero-order valence-corrected chi connectivity index (χ0v) is 16.2. The van der Waals surface area contributed by atoms with Crippen LogP contribution in [0.15, 0.2) is 64.4 Å². The number of aliphatic imine (C=N–C) groups is 1. The smallest absolute Gasteiger partial charge is 0.280 e. The summed E-state index contributed by atoms with van der Waals surface area (Å²) in [5.41, 5.74) is 5.66. The first-order valence-electron chi connectivity index (χ1n) is 10.2. The molecule has 1 spiro atoms. The number of aromatic amines is 1. The van der Waals surface area contributed by atoms with Crippen LogP contribution in [-0.4, -0.2) is 21.0 Å². The average molecular weight is 371 g/mol. The Morgan fingerprint density at radius 2 is 1.68 bits per heavy atom. The number of nitrogens with zero attached hydrogens (tertiary/aromatic N) is 2. The Labute approximate surface area is 164 Å². The number of H-pyrrole nitrogens is 1. The lowest BCUT2D eigenvalue weighted by Crippen LogP contribution is -2.38. The van der Waals surface area contributed by atoms with Crippen molar-refractivity contribution >= 4 is 5.71 Å². The van der Waals surface area contributed by atoms with E-state index in [1.54, 1.807) is 4.68 Å². The summed E-state index contributed by atoms with van der Waals surface area (Å²) in [7, 11) is 0. The normalized spacial score (nSPS) is 18.0. The standard InChI is InChI=1S/C24H25N3O/c1-17-21(23(28)27(26-17)19-11-4-2-5-12-19)22-20-13-7-6-10-18(20)16-24(25-22)14-8-3-9-15-24/h2,4-7,10-13,26H,3,8-9,14-16H2,1H3. The summed E-state index contributed by atoms with van der Waals surface area (Å²) < 4.78 is 1.64. The lowest BCUT2D eigenvalue weighted by molar-refractivity contribution is 0.294. The summed E-state index contributed by atoms with van der Waals surface area (Å²) in [5, 5.41) is 3.27. The Hall–Kier alpha value is -2.88. The molecule has 28 heavy (non-hydrogen) atoms. The Bertz CT molecular complexity index is 1100. The van der Waals surface area contributed by atoms with E-state index in [4.69, 9.17) is 4.99 Å². The summed E-state index contributed by atoms with van der Waals surface area (Å²) in [4.78, 5) is 18.7. The lowest BCUT2D eigenvalue weighted by atomic mass is 9.74. The van der Waals surface area contributed by atoms with Gasteiger partial charge in [0.15, 0.2) is 0 Å².